The van der Waals surface area contributed by atoms with Gasteiger partial charge in [-0.25, -0.2) is 18.3 Å². The number of aliphatic hydroxyl groups excluding tert-OH is 1. The van der Waals surface area contributed by atoms with E-state index in [1.807, 2.05) is 11.0 Å². The quantitative estimate of drug-likeness (QED) is 0.402. The standard InChI is InChI=1S/C25H28ClF4N5O3/c1-38-10-9-34-12-17(15-7-8-18(27)19(28)11-15)20(13-34)31-24(37)32-23-21(26)22(25(29,30)14-36)33-35(23)16-5-3-2-4-6-16/h2-5,7-8,11,16-17,20,36H,6,9-10,12-14H2,1H3,(H2,31,32,37)/t16?,17-,20+/m0/s1. The van der Waals surface area contributed by atoms with Gasteiger partial charge in [-0.3, -0.25) is 10.2 Å². The zero-order valence-electron chi connectivity index (χ0n) is 20.5. The molecule has 206 valence electrons. The number of nitrogens with zero attached hydrogens (tertiary/aromatic N) is 3. The van der Waals surface area contributed by atoms with Crippen LogP contribution in [0.3, 0.4) is 0 Å². The second kappa shape index (κ2) is 11.9. The highest BCUT2D eigenvalue weighted by atomic mass is 35.5. The van der Waals surface area contributed by atoms with Gasteiger partial charge in [-0.15, -0.1) is 0 Å². The fraction of sp³-hybridized carbons (Fsp3) is 0.440. The molecule has 8 nitrogen and oxygen atoms in total. The lowest BCUT2D eigenvalue weighted by Gasteiger charge is -2.22. The minimum atomic E-state index is -3.73. The molecule has 1 aromatic heterocycles. The van der Waals surface area contributed by atoms with Crippen LogP contribution in [0.4, 0.5) is 28.2 Å². The summed E-state index contributed by atoms with van der Waals surface area (Å²) in [7, 11) is 1.56. The van der Waals surface area contributed by atoms with E-state index < -0.39 is 53.0 Å². The second-order valence-electron chi connectivity index (χ2n) is 9.17. The molecule has 1 aliphatic carbocycles. The maximum absolute atomic E-state index is 14.4. The van der Waals surface area contributed by atoms with Gasteiger partial charge in [0.05, 0.1) is 18.7 Å². The molecule has 1 aromatic carbocycles. The first-order chi connectivity index (χ1) is 18.1. The van der Waals surface area contributed by atoms with Gasteiger partial charge in [0.25, 0.3) is 0 Å². The van der Waals surface area contributed by atoms with E-state index >= 15 is 0 Å². The minimum Gasteiger partial charge on any atom is -0.390 e. The number of aliphatic hydroxyl groups is 1. The third-order valence-electron chi connectivity index (χ3n) is 6.60. The Bertz CT molecular complexity index is 1220. The number of rotatable bonds is 9. The zero-order valence-corrected chi connectivity index (χ0v) is 21.3. The van der Waals surface area contributed by atoms with Crippen molar-refractivity contribution in [3.8, 4) is 0 Å². The van der Waals surface area contributed by atoms with Crippen LogP contribution in [-0.4, -0.2) is 71.8 Å². The number of aromatic nitrogens is 2. The molecule has 0 spiro atoms. The smallest absolute Gasteiger partial charge is 0.320 e. The van der Waals surface area contributed by atoms with E-state index in [0.717, 1.165) is 12.1 Å². The van der Waals surface area contributed by atoms with Crippen LogP contribution in [-0.2, 0) is 10.7 Å². The van der Waals surface area contributed by atoms with E-state index in [9.17, 15) is 22.4 Å². The summed E-state index contributed by atoms with van der Waals surface area (Å²) in [5.41, 5.74) is -0.354. The Labute approximate surface area is 221 Å². The molecule has 2 aliphatic rings. The summed E-state index contributed by atoms with van der Waals surface area (Å²) in [5, 5.41) is 18.0. The number of hydrogen-bond acceptors (Lipinski definition) is 5. The molecule has 2 heterocycles. The first-order valence-electron chi connectivity index (χ1n) is 12.0. The predicted molar refractivity (Wildman–Crippen MR) is 134 cm³/mol. The van der Waals surface area contributed by atoms with E-state index in [4.69, 9.17) is 21.4 Å². The number of carbonyl (C=O) groups excluding carboxylic acids is 1. The van der Waals surface area contributed by atoms with Crippen molar-refractivity contribution in [2.24, 2.45) is 0 Å². The van der Waals surface area contributed by atoms with Crippen LogP contribution in [0.2, 0.25) is 5.02 Å². The van der Waals surface area contributed by atoms with Gasteiger partial charge in [-0.05, 0) is 24.1 Å². The van der Waals surface area contributed by atoms with Crippen molar-refractivity contribution in [1.29, 1.82) is 0 Å². The van der Waals surface area contributed by atoms with E-state index in [1.54, 1.807) is 25.3 Å². The number of alkyl halides is 2. The number of anilines is 1. The lowest BCUT2D eigenvalue weighted by Crippen LogP contribution is -2.42. The molecule has 1 fully saturated rings. The highest BCUT2D eigenvalue weighted by Crippen LogP contribution is 2.39. The molecule has 13 heteroatoms. The number of allylic oxidation sites excluding steroid dienone is 4. The third-order valence-corrected chi connectivity index (χ3v) is 6.96. The van der Waals surface area contributed by atoms with Crippen LogP contribution < -0.4 is 10.6 Å². The summed E-state index contributed by atoms with van der Waals surface area (Å²) >= 11 is 6.25. The first-order valence-corrected chi connectivity index (χ1v) is 12.4. The SMILES string of the molecule is COCCN1C[C@@H](NC(=O)Nc2c(Cl)c(C(F)(F)CO)nn2C2C=CC=CC2)[C@H](c2ccc(F)c(F)c2)C1. The van der Waals surface area contributed by atoms with E-state index in [1.165, 1.54) is 10.7 Å². The number of halogens is 5. The molecule has 3 atom stereocenters. The number of amides is 2. The summed E-state index contributed by atoms with van der Waals surface area (Å²) in [6.07, 6.45) is 7.46. The Hall–Kier alpha value is -2.93. The summed E-state index contributed by atoms with van der Waals surface area (Å²) in [6.45, 7) is 0.312. The largest absolute Gasteiger partial charge is 0.390 e. The molecule has 0 radical (unpaired) electrons. The molecule has 0 saturated carbocycles. The van der Waals surface area contributed by atoms with Gasteiger partial charge in [0.15, 0.2) is 23.1 Å². The Balaban J connectivity index is 1.58. The Kier molecular flexibility index (Phi) is 8.76. The average molecular weight is 558 g/mol. The van der Waals surface area contributed by atoms with Crippen molar-refractivity contribution in [2.75, 3.05) is 45.3 Å². The van der Waals surface area contributed by atoms with Crippen molar-refractivity contribution < 1.29 is 32.2 Å². The van der Waals surface area contributed by atoms with Crippen LogP contribution in [0.25, 0.3) is 0 Å². The zero-order chi connectivity index (χ0) is 27.4. The fourth-order valence-corrected chi connectivity index (χ4v) is 4.96. The van der Waals surface area contributed by atoms with Crippen molar-refractivity contribution in [2.45, 2.75) is 30.3 Å². The molecule has 1 aliphatic heterocycles. The van der Waals surface area contributed by atoms with Gasteiger partial charge in [-0.2, -0.15) is 13.9 Å². The number of carbonyl (C=O) groups is 1. The highest BCUT2D eigenvalue weighted by molar-refractivity contribution is 6.34. The molecule has 0 bridgehead atoms. The van der Waals surface area contributed by atoms with Gasteiger partial charge in [0.2, 0.25) is 0 Å². The summed E-state index contributed by atoms with van der Waals surface area (Å²) in [4.78, 5) is 15.1. The predicted octanol–water partition coefficient (Wildman–Crippen LogP) is 4.19. The molecule has 1 saturated heterocycles. The Morgan fingerprint density at radius 3 is 2.71 bits per heavy atom. The van der Waals surface area contributed by atoms with Crippen LogP contribution >= 0.6 is 11.6 Å². The molecule has 2 aromatic rings. The number of nitrogens with one attached hydrogen (secondary N) is 2. The Morgan fingerprint density at radius 2 is 2.05 bits per heavy atom. The van der Waals surface area contributed by atoms with Gasteiger partial charge < -0.3 is 15.2 Å². The summed E-state index contributed by atoms with van der Waals surface area (Å²) in [6, 6.07) is 1.84. The molecule has 4 rings (SSSR count). The summed E-state index contributed by atoms with van der Waals surface area (Å²) in [5.74, 6) is -6.24. The number of ether oxygens (including phenoxy) is 1. The Morgan fingerprint density at radius 1 is 1.26 bits per heavy atom. The van der Waals surface area contributed by atoms with Crippen molar-refractivity contribution >= 4 is 23.4 Å². The monoisotopic (exact) mass is 557 g/mol. The van der Waals surface area contributed by atoms with Crippen molar-refractivity contribution in [3.63, 3.8) is 0 Å². The second-order valence-corrected chi connectivity index (χ2v) is 9.55. The first kappa shape index (κ1) is 28.1. The molecule has 1 unspecified atom stereocenters. The molecule has 3 N–H and O–H groups in total. The average Bonchev–Trinajstić information content (AvgIpc) is 3.45. The lowest BCUT2D eigenvalue weighted by atomic mass is 9.94. The number of methoxy groups -OCH3 is 1. The number of hydrogen-bond donors (Lipinski definition) is 3. The molecule has 2 amide bonds. The van der Waals surface area contributed by atoms with Crippen LogP contribution in [0.1, 0.15) is 29.6 Å². The maximum atomic E-state index is 14.4. The van der Waals surface area contributed by atoms with E-state index in [2.05, 4.69) is 15.7 Å². The molecular weight excluding hydrogens is 530 g/mol. The third kappa shape index (κ3) is 6.04. The van der Waals surface area contributed by atoms with Gasteiger partial charge in [0.1, 0.15) is 11.6 Å². The maximum Gasteiger partial charge on any atom is 0.320 e. The van der Waals surface area contributed by atoms with Crippen LogP contribution in [0.15, 0.2) is 42.5 Å². The number of urea groups is 1. The van der Waals surface area contributed by atoms with E-state index in [-0.39, 0.29) is 11.7 Å². The van der Waals surface area contributed by atoms with Gasteiger partial charge in [0, 0.05) is 32.7 Å². The van der Waals surface area contributed by atoms with Crippen molar-refractivity contribution in [1.82, 2.24) is 20.0 Å². The van der Waals surface area contributed by atoms with Crippen LogP contribution in [0.5, 0.6) is 0 Å². The van der Waals surface area contributed by atoms with Gasteiger partial charge in [-0.1, -0.05) is 42.0 Å². The molecule has 38 heavy (non-hydrogen) atoms. The lowest BCUT2D eigenvalue weighted by molar-refractivity contribution is -0.0596. The van der Waals surface area contributed by atoms with Crippen molar-refractivity contribution in [3.05, 3.63) is 70.4 Å². The van der Waals surface area contributed by atoms with E-state index in [0.29, 0.717) is 38.2 Å². The van der Waals surface area contributed by atoms with Gasteiger partial charge >= 0.3 is 12.0 Å². The highest BCUT2D eigenvalue weighted by Gasteiger charge is 2.40. The topological polar surface area (TPSA) is 91.7 Å². The normalized spacial score (nSPS) is 21.7. The number of likely N-dealkylation sites (tertiary alicyclic amines) is 1. The fourth-order valence-electron chi connectivity index (χ4n) is 4.65. The van der Waals surface area contributed by atoms with Crippen LogP contribution in [0, 0.1) is 11.6 Å². The molecular formula is C25H28ClF4N5O3. The number of benzene rings is 1. The minimum absolute atomic E-state index is 0.157. The summed E-state index contributed by atoms with van der Waals surface area (Å²) < 4.78 is 62.6.